The van der Waals surface area contributed by atoms with Gasteiger partial charge in [-0.2, -0.15) is 4.68 Å². The minimum absolute atomic E-state index is 0.0563. The first-order valence-electron chi connectivity index (χ1n) is 9.02. The van der Waals surface area contributed by atoms with Gasteiger partial charge in [0.1, 0.15) is 0 Å². The fourth-order valence-corrected chi connectivity index (χ4v) is 4.27. The van der Waals surface area contributed by atoms with E-state index in [1.165, 1.54) is 11.8 Å². The Kier molecular flexibility index (Phi) is 4.96. The highest BCUT2D eigenvalue weighted by atomic mass is 32.2. The van der Waals surface area contributed by atoms with Crippen molar-refractivity contribution in [3.63, 3.8) is 0 Å². The molecular formula is C19H22N6O2S. The van der Waals surface area contributed by atoms with Crippen LogP contribution in [0.3, 0.4) is 0 Å². The van der Waals surface area contributed by atoms with E-state index in [1.807, 2.05) is 18.2 Å². The molecule has 2 atom stereocenters. The van der Waals surface area contributed by atoms with Crippen LogP contribution in [0.25, 0.3) is 5.69 Å². The zero-order valence-corrected chi connectivity index (χ0v) is 16.3. The second-order valence-corrected chi connectivity index (χ2v) is 9.16. The Hall–Kier alpha value is -2.62. The molecule has 2 N–H and O–H groups in total. The van der Waals surface area contributed by atoms with Crippen LogP contribution in [-0.2, 0) is 16.4 Å². The van der Waals surface area contributed by atoms with Crippen molar-refractivity contribution in [3.05, 3.63) is 66.0 Å². The van der Waals surface area contributed by atoms with Crippen molar-refractivity contribution >= 4 is 9.84 Å². The number of benzene rings is 2. The summed E-state index contributed by atoms with van der Waals surface area (Å²) in [4.78, 5) is 2.51. The van der Waals surface area contributed by atoms with Gasteiger partial charge in [-0.15, -0.1) is 5.10 Å². The van der Waals surface area contributed by atoms with Crippen molar-refractivity contribution in [3.8, 4) is 5.69 Å². The number of sulfone groups is 1. The number of likely N-dealkylation sites (tertiary alicyclic amines) is 1. The SMILES string of the molecule is CS(=O)(=O)c1ccc(-n2nnnc2CN2C[C@@H](N)[C@H](c3ccccc3)C2)cc1. The van der Waals surface area contributed by atoms with Crippen molar-refractivity contribution in [1.29, 1.82) is 0 Å². The number of hydrogen-bond donors (Lipinski definition) is 1. The largest absolute Gasteiger partial charge is 0.326 e. The van der Waals surface area contributed by atoms with Gasteiger partial charge in [-0.25, -0.2) is 8.42 Å². The van der Waals surface area contributed by atoms with Gasteiger partial charge in [-0.1, -0.05) is 30.3 Å². The summed E-state index contributed by atoms with van der Waals surface area (Å²) < 4.78 is 24.9. The standard InChI is InChI=1S/C19H22N6O2S/c1-28(26,27)16-9-7-15(8-10-16)25-19(21-22-23-25)13-24-11-17(18(20)12-24)14-5-3-2-4-6-14/h2-10,17-18H,11-13,20H2,1H3/t17-,18+/m0/s1. The predicted molar refractivity (Wildman–Crippen MR) is 105 cm³/mol. The van der Waals surface area contributed by atoms with Crippen LogP contribution in [-0.4, -0.2) is 58.9 Å². The Labute approximate surface area is 163 Å². The molecule has 28 heavy (non-hydrogen) atoms. The average molecular weight is 398 g/mol. The van der Waals surface area contributed by atoms with Gasteiger partial charge < -0.3 is 5.73 Å². The van der Waals surface area contributed by atoms with Crippen molar-refractivity contribution in [2.75, 3.05) is 19.3 Å². The third kappa shape index (κ3) is 3.82. The second-order valence-electron chi connectivity index (χ2n) is 7.15. The monoisotopic (exact) mass is 398 g/mol. The number of nitrogens with zero attached hydrogens (tertiary/aromatic N) is 5. The Morgan fingerprint density at radius 1 is 1.07 bits per heavy atom. The summed E-state index contributed by atoms with van der Waals surface area (Å²) in [5.74, 6) is 0.965. The quantitative estimate of drug-likeness (QED) is 0.683. The fraction of sp³-hybridized carbons (Fsp3) is 0.316. The molecule has 1 saturated heterocycles. The van der Waals surface area contributed by atoms with Gasteiger partial charge in [-0.3, -0.25) is 4.90 Å². The normalized spacial score (nSPS) is 20.5. The third-order valence-electron chi connectivity index (χ3n) is 5.08. The second kappa shape index (κ2) is 7.42. The molecule has 8 nitrogen and oxygen atoms in total. The molecule has 1 aliphatic rings. The fourth-order valence-electron chi connectivity index (χ4n) is 3.63. The third-order valence-corrected chi connectivity index (χ3v) is 6.21. The molecule has 0 bridgehead atoms. The summed E-state index contributed by atoms with van der Waals surface area (Å²) >= 11 is 0. The van der Waals surface area contributed by atoms with Gasteiger partial charge in [0.15, 0.2) is 15.7 Å². The molecular weight excluding hydrogens is 376 g/mol. The number of rotatable bonds is 5. The van der Waals surface area contributed by atoms with E-state index in [-0.39, 0.29) is 16.9 Å². The number of hydrogen-bond acceptors (Lipinski definition) is 7. The number of aromatic nitrogens is 4. The minimum atomic E-state index is -3.24. The van der Waals surface area contributed by atoms with Gasteiger partial charge >= 0.3 is 0 Å². The van der Waals surface area contributed by atoms with Gasteiger partial charge in [0.05, 0.1) is 17.1 Å². The van der Waals surface area contributed by atoms with E-state index in [1.54, 1.807) is 28.9 Å². The first kappa shape index (κ1) is 18.7. The Morgan fingerprint density at radius 2 is 1.79 bits per heavy atom. The molecule has 0 aliphatic carbocycles. The van der Waals surface area contributed by atoms with Crippen molar-refractivity contribution < 1.29 is 8.42 Å². The molecule has 1 aliphatic heterocycles. The minimum Gasteiger partial charge on any atom is -0.326 e. The molecule has 2 aromatic carbocycles. The molecule has 2 heterocycles. The van der Waals surface area contributed by atoms with E-state index in [0.29, 0.717) is 12.4 Å². The first-order chi connectivity index (χ1) is 13.4. The zero-order valence-electron chi connectivity index (χ0n) is 15.5. The highest BCUT2D eigenvalue weighted by molar-refractivity contribution is 7.90. The van der Waals surface area contributed by atoms with Gasteiger partial charge in [0.25, 0.3) is 0 Å². The Bertz CT molecular complexity index is 1050. The first-order valence-corrected chi connectivity index (χ1v) is 10.9. The van der Waals surface area contributed by atoms with E-state index in [0.717, 1.165) is 18.8 Å². The van der Waals surface area contributed by atoms with Gasteiger partial charge in [0, 0.05) is 31.3 Å². The van der Waals surface area contributed by atoms with E-state index in [2.05, 4.69) is 32.6 Å². The number of tetrazole rings is 1. The molecule has 146 valence electrons. The average Bonchev–Trinajstić information content (AvgIpc) is 3.28. The molecule has 0 saturated carbocycles. The summed E-state index contributed by atoms with van der Waals surface area (Å²) in [6.07, 6.45) is 1.18. The molecule has 1 fully saturated rings. The maximum absolute atomic E-state index is 11.6. The molecule has 9 heteroatoms. The predicted octanol–water partition coefficient (Wildman–Crippen LogP) is 0.993. The summed E-state index contributed by atoms with van der Waals surface area (Å²) in [6, 6.07) is 16.9. The summed E-state index contributed by atoms with van der Waals surface area (Å²) in [6.45, 7) is 2.17. The van der Waals surface area contributed by atoms with E-state index in [4.69, 9.17) is 5.73 Å². The van der Waals surface area contributed by atoms with Crippen LogP contribution in [0.4, 0.5) is 0 Å². The van der Waals surface area contributed by atoms with Crippen molar-refractivity contribution in [2.24, 2.45) is 5.73 Å². The lowest BCUT2D eigenvalue weighted by Gasteiger charge is -2.15. The van der Waals surface area contributed by atoms with Gasteiger partial charge in [-0.05, 0) is 40.3 Å². The van der Waals surface area contributed by atoms with Crippen molar-refractivity contribution in [1.82, 2.24) is 25.1 Å². The van der Waals surface area contributed by atoms with E-state index in [9.17, 15) is 8.42 Å². The Balaban J connectivity index is 1.51. The van der Waals surface area contributed by atoms with Crippen LogP contribution >= 0.6 is 0 Å². The van der Waals surface area contributed by atoms with Crippen molar-refractivity contribution in [2.45, 2.75) is 23.4 Å². The van der Waals surface area contributed by atoms with E-state index < -0.39 is 9.84 Å². The molecule has 0 unspecified atom stereocenters. The van der Waals surface area contributed by atoms with Gasteiger partial charge in [0.2, 0.25) is 0 Å². The topological polar surface area (TPSA) is 107 Å². The molecule has 0 amide bonds. The van der Waals surface area contributed by atoms with Crippen LogP contribution in [0, 0.1) is 0 Å². The van der Waals surface area contributed by atoms with Crippen LogP contribution in [0.2, 0.25) is 0 Å². The van der Waals surface area contributed by atoms with E-state index >= 15 is 0 Å². The van der Waals surface area contributed by atoms with Crippen LogP contribution in [0.1, 0.15) is 17.3 Å². The summed E-state index contributed by atoms with van der Waals surface area (Å²) in [5, 5.41) is 12.0. The van der Waals surface area contributed by atoms with Crippen LogP contribution in [0.15, 0.2) is 59.5 Å². The smallest absolute Gasteiger partial charge is 0.175 e. The number of nitrogens with two attached hydrogens (primary N) is 1. The maximum Gasteiger partial charge on any atom is 0.175 e. The molecule has 0 spiro atoms. The van der Waals surface area contributed by atoms with Crippen LogP contribution in [0.5, 0.6) is 0 Å². The highest BCUT2D eigenvalue weighted by Gasteiger charge is 2.32. The molecule has 3 aromatic rings. The summed E-state index contributed by atoms with van der Waals surface area (Å²) in [7, 11) is -3.24. The molecule has 0 radical (unpaired) electrons. The Morgan fingerprint density at radius 3 is 2.46 bits per heavy atom. The lowest BCUT2D eigenvalue weighted by Crippen LogP contribution is -2.29. The highest BCUT2D eigenvalue weighted by Crippen LogP contribution is 2.27. The van der Waals surface area contributed by atoms with Crippen LogP contribution < -0.4 is 5.73 Å². The summed E-state index contributed by atoms with van der Waals surface area (Å²) in [5.41, 5.74) is 8.34. The molecule has 1 aromatic heterocycles. The lowest BCUT2D eigenvalue weighted by molar-refractivity contribution is 0.312. The lowest BCUT2D eigenvalue weighted by atomic mass is 9.95. The zero-order chi connectivity index (χ0) is 19.7. The maximum atomic E-state index is 11.6. The molecule has 4 rings (SSSR count).